The molecule has 1 aliphatic rings. The Bertz CT molecular complexity index is 856. The third-order valence-corrected chi connectivity index (χ3v) is 5.83. The first-order chi connectivity index (χ1) is 14.2. The largest absolute Gasteiger partial charge is 0.459 e. The average Bonchev–Trinajstić information content (AvgIpc) is 2.65. The number of hydrogen-bond acceptors (Lipinski definition) is 4. The zero-order valence-electron chi connectivity index (χ0n) is 18.3. The molecule has 4 nitrogen and oxygen atoms in total. The highest BCUT2D eigenvalue weighted by molar-refractivity contribution is 6.33. The Labute approximate surface area is 184 Å². The van der Waals surface area contributed by atoms with E-state index in [1.165, 1.54) is 5.56 Å². The second kappa shape index (κ2) is 9.40. The number of carbonyl (C=O) groups excluding carboxylic acids is 1. The van der Waals surface area contributed by atoms with Crippen LogP contribution >= 0.6 is 11.6 Å². The fourth-order valence-electron chi connectivity index (χ4n) is 3.89. The van der Waals surface area contributed by atoms with Gasteiger partial charge in [0.25, 0.3) is 0 Å². The van der Waals surface area contributed by atoms with Crippen LogP contribution in [-0.2, 0) is 20.8 Å². The number of anilines is 1. The van der Waals surface area contributed by atoms with E-state index in [1.807, 2.05) is 64.1 Å². The minimum absolute atomic E-state index is 0.173. The third-order valence-electron chi connectivity index (χ3n) is 5.51. The second-order valence-corrected chi connectivity index (χ2v) is 9.33. The van der Waals surface area contributed by atoms with E-state index in [-0.39, 0.29) is 12.1 Å². The molecule has 0 radical (unpaired) electrons. The monoisotopic (exact) mass is 429 g/mol. The molecule has 1 atom stereocenters. The molecule has 5 heteroatoms. The minimum Gasteiger partial charge on any atom is -0.459 e. The Morgan fingerprint density at radius 2 is 1.87 bits per heavy atom. The lowest BCUT2D eigenvalue weighted by atomic mass is 9.63. The van der Waals surface area contributed by atoms with Crippen molar-refractivity contribution < 1.29 is 14.3 Å². The van der Waals surface area contributed by atoms with E-state index in [2.05, 4.69) is 17.4 Å². The van der Waals surface area contributed by atoms with Crippen LogP contribution in [0.1, 0.15) is 64.2 Å². The molecular formula is C25H32ClNO3. The number of carbonyl (C=O) groups is 1. The van der Waals surface area contributed by atoms with Crippen molar-refractivity contribution in [1.29, 1.82) is 0 Å². The number of nitrogens with one attached hydrogen (secondary N) is 1. The molecule has 30 heavy (non-hydrogen) atoms. The van der Waals surface area contributed by atoms with Crippen molar-refractivity contribution in [2.75, 3.05) is 11.9 Å². The van der Waals surface area contributed by atoms with Gasteiger partial charge in [-0.05, 0) is 63.8 Å². The lowest BCUT2D eigenvalue weighted by Gasteiger charge is -2.46. The maximum absolute atomic E-state index is 13.2. The first kappa shape index (κ1) is 22.6. The Hall–Kier alpha value is -2.04. The molecule has 1 unspecified atom stereocenters. The van der Waals surface area contributed by atoms with Crippen LogP contribution in [0.4, 0.5) is 5.69 Å². The van der Waals surface area contributed by atoms with E-state index < -0.39 is 11.0 Å². The first-order valence-electron chi connectivity index (χ1n) is 10.7. The predicted octanol–water partition coefficient (Wildman–Crippen LogP) is 6.54. The van der Waals surface area contributed by atoms with Gasteiger partial charge in [0, 0.05) is 13.2 Å². The van der Waals surface area contributed by atoms with Gasteiger partial charge in [-0.3, -0.25) is 4.79 Å². The van der Waals surface area contributed by atoms with Crippen molar-refractivity contribution in [3.8, 4) is 0 Å². The number of rotatable bonds is 8. The smallest absolute Gasteiger partial charge is 0.315 e. The average molecular weight is 430 g/mol. The molecule has 1 N–H and O–H groups in total. The molecule has 1 fully saturated rings. The molecule has 1 aliphatic carbocycles. The van der Waals surface area contributed by atoms with Crippen LogP contribution in [0.5, 0.6) is 0 Å². The number of hydrogen-bond donors (Lipinski definition) is 1. The van der Waals surface area contributed by atoms with Crippen LogP contribution in [0.15, 0.2) is 48.5 Å². The summed E-state index contributed by atoms with van der Waals surface area (Å²) in [5.41, 5.74) is 1.78. The summed E-state index contributed by atoms with van der Waals surface area (Å²) in [6.07, 6.45) is 2.17. The summed E-state index contributed by atoms with van der Waals surface area (Å²) in [6, 6.07) is 16.0. The third kappa shape index (κ3) is 5.16. The van der Waals surface area contributed by atoms with E-state index in [1.54, 1.807) is 0 Å². The van der Waals surface area contributed by atoms with Gasteiger partial charge in [-0.1, -0.05) is 54.4 Å². The molecule has 0 heterocycles. The molecule has 0 amide bonds. The first-order valence-corrected chi connectivity index (χ1v) is 11.1. The van der Waals surface area contributed by atoms with Crippen LogP contribution in [0.25, 0.3) is 0 Å². The topological polar surface area (TPSA) is 47.6 Å². The number of benzene rings is 2. The highest BCUT2D eigenvalue weighted by Gasteiger charge is 2.53. The number of halogens is 1. The van der Waals surface area contributed by atoms with Gasteiger partial charge >= 0.3 is 5.97 Å². The van der Waals surface area contributed by atoms with E-state index >= 15 is 0 Å². The van der Waals surface area contributed by atoms with E-state index in [0.717, 1.165) is 30.5 Å². The van der Waals surface area contributed by atoms with E-state index in [4.69, 9.17) is 21.1 Å². The molecule has 2 aromatic carbocycles. The summed E-state index contributed by atoms with van der Waals surface area (Å²) < 4.78 is 11.9. The summed E-state index contributed by atoms with van der Waals surface area (Å²) >= 11 is 6.46. The molecule has 162 valence electrons. The molecule has 1 saturated carbocycles. The zero-order valence-corrected chi connectivity index (χ0v) is 19.1. The maximum Gasteiger partial charge on any atom is 0.315 e. The van der Waals surface area contributed by atoms with Gasteiger partial charge in [-0.2, -0.15) is 0 Å². The molecule has 0 bridgehead atoms. The van der Waals surface area contributed by atoms with Crippen molar-refractivity contribution in [2.24, 2.45) is 5.41 Å². The van der Waals surface area contributed by atoms with Crippen molar-refractivity contribution in [2.45, 2.75) is 65.2 Å². The highest BCUT2D eigenvalue weighted by atomic mass is 35.5. The Morgan fingerprint density at radius 1 is 1.17 bits per heavy atom. The fraction of sp³-hybridized carbons (Fsp3) is 0.480. The van der Waals surface area contributed by atoms with Crippen molar-refractivity contribution >= 4 is 23.3 Å². The fourth-order valence-corrected chi connectivity index (χ4v) is 4.07. The Balaban J connectivity index is 1.87. The molecule has 2 aromatic rings. The minimum atomic E-state index is -0.645. The summed E-state index contributed by atoms with van der Waals surface area (Å²) in [6.45, 7) is 8.85. The zero-order chi connectivity index (χ0) is 21.8. The normalized spacial score (nSPS) is 16.4. The van der Waals surface area contributed by atoms with E-state index in [0.29, 0.717) is 18.2 Å². The van der Waals surface area contributed by atoms with Gasteiger partial charge in [-0.15, -0.1) is 0 Å². The highest BCUT2D eigenvalue weighted by Crippen LogP contribution is 2.53. The summed E-state index contributed by atoms with van der Waals surface area (Å²) in [7, 11) is 0. The summed E-state index contributed by atoms with van der Waals surface area (Å²) in [5.74, 6) is -0.173. The van der Waals surface area contributed by atoms with E-state index in [9.17, 15) is 4.79 Å². The van der Waals surface area contributed by atoms with Gasteiger partial charge in [0.05, 0.1) is 22.2 Å². The predicted molar refractivity (Wildman–Crippen MR) is 122 cm³/mol. The maximum atomic E-state index is 13.2. The standard InChI is InChI=1S/C25H32ClNO3/c1-5-29-22(25(14-9-15-25)23(28)30-24(2,3)4)19-12-13-20(26)21(16-19)27-17-18-10-7-6-8-11-18/h6-8,10-13,16,22,27H,5,9,14-15,17H2,1-4H3. The van der Waals surface area contributed by atoms with Gasteiger partial charge < -0.3 is 14.8 Å². The number of esters is 1. The van der Waals surface area contributed by atoms with Crippen molar-refractivity contribution in [1.82, 2.24) is 0 Å². The quantitative estimate of drug-likeness (QED) is 0.484. The number of ether oxygens (including phenoxy) is 2. The molecule has 0 saturated heterocycles. The summed E-state index contributed by atoms with van der Waals surface area (Å²) in [4.78, 5) is 13.2. The van der Waals surface area contributed by atoms with Gasteiger partial charge in [0.15, 0.2) is 0 Å². The van der Waals surface area contributed by atoms with Crippen molar-refractivity contribution in [3.63, 3.8) is 0 Å². The van der Waals surface area contributed by atoms with Gasteiger partial charge in [0.2, 0.25) is 0 Å². The van der Waals surface area contributed by atoms with Gasteiger partial charge in [-0.25, -0.2) is 0 Å². The molecule has 0 aliphatic heterocycles. The van der Waals surface area contributed by atoms with Crippen LogP contribution in [0, 0.1) is 5.41 Å². The van der Waals surface area contributed by atoms with Crippen LogP contribution in [0.3, 0.4) is 0 Å². The molecule has 0 spiro atoms. The Kier molecular flexibility index (Phi) is 7.10. The molecular weight excluding hydrogens is 398 g/mol. The SMILES string of the molecule is CCOC(c1ccc(Cl)c(NCc2ccccc2)c1)C1(C(=O)OC(C)(C)C)CCC1. The lowest BCUT2D eigenvalue weighted by molar-refractivity contribution is -0.189. The molecule has 0 aromatic heterocycles. The lowest BCUT2D eigenvalue weighted by Crippen LogP contribution is -2.47. The Morgan fingerprint density at radius 3 is 2.43 bits per heavy atom. The van der Waals surface area contributed by atoms with Gasteiger partial charge in [0.1, 0.15) is 5.60 Å². The van der Waals surface area contributed by atoms with Crippen LogP contribution in [-0.4, -0.2) is 18.2 Å². The summed E-state index contributed by atoms with van der Waals surface area (Å²) in [5, 5.41) is 4.06. The van der Waals surface area contributed by atoms with Crippen molar-refractivity contribution in [3.05, 3.63) is 64.7 Å². The van der Waals surface area contributed by atoms with Crippen LogP contribution in [0.2, 0.25) is 5.02 Å². The van der Waals surface area contributed by atoms with Crippen LogP contribution < -0.4 is 5.32 Å². The molecule has 3 rings (SSSR count). The second-order valence-electron chi connectivity index (χ2n) is 8.93.